The van der Waals surface area contributed by atoms with Gasteiger partial charge in [0, 0.05) is 6.61 Å². The Kier molecular flexibility index (Phi) is 4.52. The third-order valence-corrected chi connectivity index (χ3v) is 7.31. The lowest BCUT2D eigenvalue weighted by Crippen LogP contribution is -2.40. The van der Waals surface area contributed by atoms with Crippen molar-refractivity contribution in [1.82, 2.24) is 0 Å². The predicted octanol–water partition coefficient (Wildman–Crippen LogP) is 2.73. The molecule has 2 nitrogen and oxygen atoms in total. The second kappa shape index (κ2) is 4.98. The summed E-state index contributed by atoms with van der Waals surface area (Å²) in [5, 5.41) is 0. The first kappa shape index (κ1) is 11.8. The van der Waals surface area contributed by atoms with Gasteiger partial charge in [0.05, 0.1) is 12.7 Å². The summed E-state index contributed by atoms with van der Waals surface area (Å²) >= 11 is 11.6. The molecule has 13 heavy (non-hydrogen) atoms. The zero-order valence-corrected chi connectivity index (χ0v) is 10.6. The van der Waals surface area contributed by atoms with Crippen molar-refractivity contribution < 1.29 is 9.16 Å². The molecule has 1 aliphatic heterocycles. The van der Waals surface area contributed by atoms with E-state index in [2.05, 4.69) is 0 Å². The molecule has 1 heterocycles. The average Bonchev–Trinajstić information content (AvgIpc) is 2.52. The highest BCUT2D eigenvalue weighted by molar-refractivity contribution is 6.87. The number of hydrogen-bond acceptors (Lipinski definition) is 2. The van der Waals surface area contributed by atoms with Crippen molar-refractivity contribution in [3.8, 4) is 0 Å². The Balaban J connectivity index is 2.24. The predicted molar refractivity (Wildman–Crippen MR) is 57.9 cm³/mol. The molecule has 1 atom stereocenters. The van der Waals surface area contributed by atoms with Crippen molar-refractivity contribution in [2.24, 2.45) is 0 Å². The largest absolute Gasteiger partial charge is 0.412 e. The van der Waals surface area contributed by atoms with Gasteiger partial charge in [-0.2, -0.15) is 0 Å². The van der Waals surface area contributed by atoms with Crippen molar-refractivity contribution in [2.45, 2.75) is 36.5 Å². The Morgan fingerprint density at radius 2 is 2.23 bits per heavy atom. The first-order chi connectivity index (χ1) is 6.02. The second-order valence-electron chi connectivity index (χ2n) is 3.85. The minimum Gasteiger partial charge on any atom is -0.412 e. The summed E-state index contributed by atoms with van der Waals surface area (Å²) in [5.41, 5.74) is 0. The van der Waals surface area contributed by atoms with Crippen molar-refractivity contribution in [2.75, 3.05) is 13.2 Å². The van der Waals surface area contributed by atoms with Gasteiger partial charge in [-0.25, -0.2) is 0 Å². The van der Waals surface area contributed by atoms with E-state index < -0.39 is 8.32 Å². The topological polar surface area (TPSA) is 18.5 Å². The molecule has 0 bridgehead atoms. The van der Waals surface area contributed by atoms with Crippen LogP contribution in [0.3, 0.4) is 0 Å². The lowest BCUT2D eigenvalue weighted by molar-refractivity contribution is 0.0651. The van der Waals surface area contributed by atoms with Crippen LogP contribution in [0, 0.1) is 0 Å². The molecular formula is C8H16Cl2O2Si. The highest BCUT2D eigenvalue weighted by Gasteiger charge is 2.32. The summed E-state index contributed by atoms with van der Waals surface area (Å²) in [5.74, 6) is 0. The van der Waals surface area contributed by atoms with Gasteiger partial charge in [0.25, 0.3) is 0 Å². The van der Waals surface area contributed by atoms with Gasteiger partial charge < -0.3 is 9.16 Å². The second-order valence-corrected chi connectivity index (χ2v) is 9.75. The Labute approximate surface area is 90.6 Å². The Hall–Kier alpha value is 0.717. The molecule has 0 radical (unpaired) electrons. The average molecular weight is 243 g/mol. The van der Waals surface area contributed by atoms with Crippen LogP contribution in [-0.4, -0.2) is 32.1 Å². The van der Waals surface area contributed by atoms with Crippen molar-refractivity contribution >= 4 is 31.5 Å². The fourth-order valence-electron chi connectivity index (χ4n) is 1.15. The van der Waals surface area contributed by atoms with Gasteiger partial charge in [-0.15, -0.1) is 23.2 Å². The summed E-state index contributed by atoms with van der Waals surface area (Å²) in [6.45, 7) is 5.55. The third kappa shape index (κ3) is 3.76. The van der Waals surface area contributed by atoms with Crippen LogP contribution in [0.1, 0.15) is 12.8 Å². The molecule has 0 saturated carbocycles. The molecule has 0 N–H and O–H groups in total. The fourth-order valence-corrected chi connectivity index (χ4v) is 2.27. The summed E-state index contributed by atoms with van der Waals surface area (Å²) in [6, 6.07) is 0. The maximum atomic E-state index is 5.82. The SMILES string of the molecule is C[Si](C)(OCC1CCCO1)C(Cl)Cl. The molecule has 0 spiro atoms. The smallest absolute Gasteiger partial charge is 0.220 e. The number of ether oxygens (including phenoxy) is 1. The molecule has 0 aromatic rings. The summed E-state index contributed by atoms with van der Waals surface area (Å²) in [7, 11) is -1.90. The standard InChI is InChI=1S/C8H16Cl2O2Si/c1-13(2,8(9)10)12-6-7-4-3-5-11-7/h7-8H,3-6H2,1-2H3. The normalized spacial score (nSPS) is 24.2. The van der Waals surface area contributed by atoms with Crippen molar-refractivity contribution in [1.29, 1.82) is 0 Å². The molecule has 78 valence electrons. The van der Waals surface area contributed by atoms with E-state index in [0.29, 0.717) is 6.61 Å². The Morgan fingerprint density at radius 3 is 2.69 bits per heavy atom. The molecule has 1 unspecified atom stereocenters. The van der Waals surface area contributed by atoms with Gasteiger partial charge >= 0.3 is 0 Å². The number of alkyl halides is 2. The molecule has 1 rings (SSSR count). The first-order valence-electron chi connectivity index (χ1n) is 4.56. The van der Waals surface area contributed by atoms with Crippen LogP contribution in [0.15, 0.2) is 0 Å². The van der Waals surface area contributed by atoms with Gasteiger partial charge in [-0.05, 0) is 25.9 Å². The van der Waals surface area contributed by atoms with Gasteiger partial charge in [0.2, 0.25) is 8.32 Å². The molecule has 0 amide bonds. The van der Waals surface area contributed by atoms with E-state index >= 15 is 0 Å². The highest BCUT2D eigenvalue weighted by Crippen LogP contribution is 2.21. The summed E-state index contributed by atoms with van der Waals surface area (Å²) in [6.07, 6.45) is 2.50. The van der Waals surface area contributed by atoms with Crippen LogP contribution in [0.25, 0.3) is 0 Å². The number of halogens is 2. The minimum absolute atomic E-state index is 0.263. The summed E-state index contributed by atoms with van der Waals surface area (Å²) in [4.78, 5) is 0. The lowest BCUT2D eigenvalue weighted by atomic mass is 10.2. The Morgan fingerprint density at radius 1 is 1.54 bits per heavy atom. The van der Waals surface area contributed by atoms with Crippen LogP contribution < -0.4 is 0 Å². The maximum absolute atomic E-state index is 5.82. The van der Waals surface area contributed by atoms with Crippen LogP contribution >= 0.6 is 23.2 Å². The van der Waals surface area contributed by atoms with Gasteiger partial charge in [-0.3, -0.25) is 0 Å². The summed E-state index contributed by atoms with van der Waals surface area (Å²) < 4.78 is 10.8. The number of hydrogen-bond donors (Lipinski definition) is 0. The van der Waals surface area contributed by atoms with E-state index in [1.165, 1.54) is 0 Å². The quantitative estimate of drug-likeness (QED) is 0.558. The highest BCUT2D eigenvalue weighted by atomic mass is 35.5. The monoisotopic (exact) mass is 242 g/mol. The lowest BCUT2D eigenvalue weighted by Gasteiger charge is -2.25. The van der Waals surface area contributed by atoms with E-state index in [1.54, 1.807) is 0 Å². The molecule has 0 aromatic carbocycles. The third-order valence-electron chi connectivity index (χ3n) is 2.19. The molecule has 5 heteroatoms. The minimum atomic E-state index is -1.90. The van der Waals surface area contributed by atoms with Crippen LogP contribution in [0.2, 0.25) is 13.1 Å². The molecule has 1 aliphatic rings. The van der Waals surface area contributed by atoms with Crippen molar-refractivity contribution in [3.05, 3.63) is 0 Å². The van der Waals surface area contributed by atoms with Crippen molar-refractivity contribution in [3.63, 3.8) is 0 Å². The van der Waals surface area contributed by atoms with Crippen LogP contribution in [-0.2, 0) is 9.16 Å². The van der Waals surface area contributed by atoms with Crippen LogP contribution in [0.4, 0.5) is 0 Å². The molecule has 0 aliphatic carbocycles. The zero-order chi connectivity index (χ0) is 9.90. The van der Waals surface area contributed by atoms with Gasteiger partial charge in [-0.1, -0.05) is 0 Å². The van der Waals surface area contributed by atoms with E-state index in [4.69, 9.17) is 32.4 Å². The zero-order valence-electron chi connectivity index (χ0n) is 8.06. The molecule has 1 fully saturated rings. The molecule has 0 aromatic heterocycles. The van der Waals surface area contributed by atoms with E-state index in [1.807, 2.05) is 13.1 Å². The number of rotatable bonds is 4. The van der Waals surface area contributed by atoms with Gasteiger partial charge in [0.1, 0.15) is 4.46 Å². The first-order valence-corrected chi connectivity index (χ1v) is 8.42. The molecule has 1 saturated heterocycles. The fraction of sp³-hybridized carbons (Fsp3) is 1.00. The maximum Gasteiger partial charge on any atom is 0.220 e. The van der Waals surface area contributed by atoms with E-state index in [0.717, 1.165) is 19.4 Å². The molecular weight excluding hydrogens is 227 g/mol. The van der Waals surface area contributed by atoms with E-state index in [9.17, 15) is 0 Å². The van der Waals surface area contributed by atoms with Gasteiger partial charge in [0.15, 0.2) is 0 Å². The van der Waals surface area contributed by atoms with E-state index in [-0.39, 0.29) is 10.6 Å². The van der Waals surface area contributed by atoms with Crippen LogP contribution in [0.5, 0.6) is 0 Å². The Bertz CT molecular complexity index is 158.